The molecule has 1 aromatic carbocycles. The number of halogens is 3. The zero-order valence-electron chi connectivity index (χ0n) is 36.6. The lowest BCUT2D eigenvalue weighted by Crippen LogP contribution is -2.30. The van der Waals surface area contributed by atoms with Crippen LogP contribution in [0.25, 0.3) is 5.57 Å². The molecule has 3 aliphatic rings. The topological polar surface area (TPSA) is 118 Å². The van der Waals surface area contributed by atoms with E-state index in [0.29, 0.717) is 17.4 Å². The number of amides is 1. The molecule has 5 rings (SSSR count). The van der Waals surface area contributed by atoms with Gasteiger partial charge in [-0.25, -0.2) is 9.98 Å². The highest BCUT2D eigenvalue weighted by atomic mass is 19.4. The summed E-state index contributed by atoms with van der Waals surface area (Å²) in [6.07, 6.45) is 8.78. The van der Waals surface area contributed by atoms with Crippen LogP contribution in [0.1, 0.15) is 143 Å². The number of aliphatic imine (C=N–C) groups is 1. The van der Waals surface area contributed by atoms with Crippen molar-refractivity contribution in [2.75, 3.05) is 5.32 Å². The molecular formula is C47H71F3N6O. The fourth-order valence-corrected chi connectivity index (χ4v) is 5.19. The van der Waals surface area contributed by atoms with Gasteiger partial charge in [0, 0.05) is 35.1 Å². The van der Waals surface area contributed by atoms with Gasteiger partial charge in [0.25, 0.3) is 5.91 Å². The molecule has 316 valence electrons. The van der Waals surface area contributed by atoms with E-state index in [0.717, 1.165) is 69.9 Å². The molecule has 0 saturated heterocycles. The quantitative estimate of drug-likeness (QED) is 0.109. The van der Waals surface area contributed by atoms with Crippen molar-refractivity contribution in [3.8, 4) is 0 Å². The van der Waals surface area contributed by atoms with Crippen LogP contribution in [0.15, 0.2) is 113 Å². The Hall–Kier alpha value is -4.86. The van der Waals surface area contributed by atoms with Gasteiger partial charge in [-0.1, -0.05) is 112 Å². The lowest BCUT2D eigenvalue weighted by atomic mass is 9.81. The third-order valence-electron chi connectivity index (χ3n) is 9.03. The number of hydrogen-bond acceptors (Lipinski definition) is 5. The van der Waals surface area contributed by atoms with E-state index < -0.39 is 17.6 Å². The van der Waals surface area contributed by atoms with Crippen LogP contribution in [-0.4, -0.2) is 22.8 Å². The smallest absolute Gasteiger partial charge is 0.397 e. The summed E-state index contributed by atoms with van der Waals surface area (Å²) in [7, 11) is 0. The second-order valence-electron chi connectivity index (χ2n) is 13.6. The molecule has 0 aliphatic heterocycles. The molecule has 1 amide bonds. The number of hydrogen-bond donors (Lipinski definition) is 4. The number of carbonyl (C=O) groups excluding carboxylic acids is 1. The molecule has 3 aliphatic carbocycles. The second-order valence-corrected chi connectivity index (χ2v) is 13.6. The van der Waals surface area contributed by atoms with Crippen LogP contribution in [0.2, 0.25) is 0 Å². The average molecular weight is 793 g/mol. The van der Waals surface area contributed by atoms with E-state index in [2.05, 4.69) is 75.0 Å². The zero-order chi connectivity index (χ0) is 43.9. The van der Waals surface area contributed by atoms with Crippen molar-refractivity contribution in [1.82, 2.24) is 10.3 Å². The third kappa shape index (κ3) is 17.4. The Morgan fingerprint density at radius 3 is 1.93 bits per heavy atom. The van der Waals surface area contributed by atoms with Gasteiger partial charge in [0.1, 0.15) is 11.7 Å². The van der Waals surface area contributed by atoms with Gasteiger partial charge in [-0.3, -0.25) is 4.79 Å². The van der Waals surface area contributed by atoms with Crippen molar-refractivity contribution in [2.24, 2.45) is 28.3 Å². The number of rotatable bonds is 10. The number of anilines is 1. The number of amidine groups is 1. The van der Waals surface area contributed by atoms with Crippen LogP contribution < -0.4 is 22.1 Å². The molecule has 1 heterocycles. The highest BCUT2D eigenvalue weighted by molar-refractivity contribution is 6.05. The molecule has 1 atom stereocenters. The van der Waals surface area contributed by atoms with Gasteiger partial charge in [-0.15, -0.1) is 0 Å². The summed E-state index contributed by atoms with van der Waals surface area (Å²) < 4.78 is 38.6. The molecule has 1 unspecified atom stereocenters. The normalized spacial score (nSPS) is 15.7. The van der Waals surface area contributed by atoms with E-state index in [1.54, 1.807) is 36.5 Å². The molecule has 2 fully saturated rings. The Kier molecular flexibility index (Phi) is 24.6. The van der Waals surface area contributed by atoms with Gasteiger partial charge in [0.05, 0.1) is 17.0 Å². The van der Waals surface area contributed by atoms with Gasteiger partial charge >= 0.3 is 6.18 Å². The Bertz CT molecular complexity index is 1710. The van der Waals surface area contributed by atoms with Crippen LogP contribution in [0.3, 0.4) is 0 Å². The van der Waals surface area contributed by atoms with Crippen LogP contribution in [0.5, 0.6) is 0 Å². The van der Waals surface area contributed by atoms with Crippen molar-refractivity contribution in [3.05, 3.63) is 125 Å². The molecule has 57 heavy (non-hydrogen) atoms. The van der Waals surface area contributed by atoms with E-state index >= 15 is 0 Å². The number of nitrogens with zero attached hydrogens (tertiary/aromatic N) is 2. The van der Waals surface area contributed by atoms with Crippen molar-refractivity contribution in [2.45, 2.75) is 133 Å². The Morgan fingerprint density at radius 1 is 0.982 bits per heavy atom. The van der Waals surface area contributed by atoms with Gasteiger partial charge in [0.2, 0.25) is 0 Å². The summed E-state index contributed by atoms with van der Waals surface area (Å²) in [6, 6.07) is 9.12. The molecule has 0 bridgehead atoms. The molecular weight excluding hydrogens is 722 g/mol. The monoisotopic (exact) mass is 793 g/mol. The molecule has 1 aromatic heterocycles. The number of benzene rings is 1. The van der Waals surface area contributed by atoms with Gasteiger partial charge in [-0.2, -0.15) is 13.2 Å². The molecule has 0 spiro atoms. The summed E-state index contributed by atoms with van der Waals surface area (Å²) in [4.78, 5) is 20.5. The zero-order valence-corrected chi connectivity index (χ0v) is 36.6. The molecule has 2 aromatic rings. The summed E-state index contributed by atoms with van der Waals surface area (Å²) >= 11 is 0. The second kappa shape index (κ2) is 26.9. The Labute approximate surface area is 342 Å². The summed E-state index contributed by atoms with van der Waals surface area (Å²) in [6.45, 7) is 33.8. The predicted octanol–water partition coefficient (Wildman–Crippen LogP) is 12.9. The van der Waals surface area contributed by atoms with Gasteiger partial charge in [-0.05, 0) is 106 Å². The molecule has 2 saturated carbocycles. The summed E-state index contributed by atoms with van der Waals surface area (Å²) in [5.41, 5.74) is 19.1. The lowest BCUT2D eigenvalue weighted by Gasteiger charge is -2.27. The fraction of sp³-hybridized carbons (Fsp3) is 0.468. The van der Waals surface area contributed by atoms with E-state index in [4.69, 9.17) is 11.5 Å². The molecule has 6 N–H and O–H groups in total. The van der Waals surface area contributed by atoms with Crippen molar-refractivity contribution >= 4 is 23.1 Å². The van der Waals surface area contributed by atoms with E-state index in [1.165, 1.54) is 44.1 Å². The van der Waals surface area contributed by atoms with Gasteiger partial charge in [0.15, 0.2) is 0 Å². The first-order chi connectivity index (χ1) is 27.0. The van der Waals surface area contributed by atoms with E-state index in [-0.39, 0.29) is 11.7 Å². The maximum Gasteiger partial charge on any atom is 0.416 e. The number of pyridine rings is 1. The SMILES string of the molecule is C=C(C)C1CCC1.C=C1C(=C)C(NC2CC2)=C1N.CC.CC.CCC.C\C=C/N=C(N)/C(C)=C(\c1ccc(C(=O)Nc2cc(C(F)(F)F)ccn2)cc1)C(C)CC. The van der Waals surface area contributed by atoms with E-state index in [9.17, 15) is 18.0 Å². The molecule has 7 nitrogen and oxygen atoms in total. The number of allylic oxidation sites excluding steroid dienone is 5. The minimum absolute atomic E-state index is 0.169. The van der Waals surface area contributed by atoms with Crippen molar-refractivity contribution < 1.29 is 18.0 Å². The lowest BCUT2D eigenvalue weighted by molar-refractivity contribution is -0.137. The van der Waals surface area contributed by atoms with Crippen LogP contribution in [-0.2, 0) is 6.18 Å². The molecule has 10 heteroatoms. The Morgan fingerprint density at radius 2 is 1.53 bits per heavy atom. The van der Waals surface area contributed by atoms with Gasteiger partial charge < -0.3 is 22.1 Å². The van der Waals surface area contributed by atoms with Crippen LogP contribution in [0.4, 0.5) is 19.0 Å². The summed E-state index contributed by atoms with van der Waals surface area (Å²) in [5, 5.41) is 5.72. The fourth-order valence-electron chi connectivity index (χ4n) is 5.19. The minimum atomic E-state index is -4.52. The maximum atomic E-state index is 12.9. The number of aromatic nitrogens is 1. The van der Waals surface area contributed by atoms with Crippen LogP contribution >= 0.6 is 0 Å². The standard InChI is InChI=1S/C24H27F3N4O.C9H12N2.C7H12.C3H8.2C2H6/c1-5-12-30-22(28)16(4)21(15(3)6-2)17-7-9-18(10-8-17)23(32)31-20-14-19(11-13-29-20)24(25,26)27;1-5-6(2)9(8(5)10)11-7-3-4-7;1-6(2)7-4-3-5-7;1-3-2;2*1-2/h5,7-15H,6H2,1-4H3,(H2,28,30)(H,29,31,32);7,11H,1-4,10H2;7H,1,3-5H2,2H3;3H2,1-2H3;2*1-2H3/b12-5-,21-16-;;;;;. The van der Waals surface area contributed by atoms with Crippen molar-refractivity contribution in [1.29, 1.82) is 0 Å². The third-order valence-corrected chi connectivity index (χ3v) is 9.03. The number of carbonyl (C=O) groups is 1. The molecule has 0 radical (unpaired) electrons. The first kappa shape index (κ1) is 52.1. The van der Waals surface area contributed by atoms with Crippen LogP contribution in [0, 0.1) is 11.8 Å². The van der Waals surface area contributed by atoms with E-state index in [1.807, 2.05) is 41.5 Å². The maximum absolute atomic E-state index is 12.9. The van der Waals surface area contributed by atoms with Crippen molar-refractivity contribution in [3.63, 3.8) is 0 Å². The average Bonchev–Trinajstić information content (AvgIpc) is 4.01. The number of nitrogens with one attached hydrogen (secondary N) is 2. The number of nitrogens with two attached hydrogens (primary N) is 2. The summed E-state index contributed by atoms with van der Waals surface area (Å²) in [5.74, 6) is 0.778. The first-order valence-electron chi connectivity index (χ1n) is 20.4. The Balaban J connectivity index is 0.00000100. The first-order valence-corrected chi connectivity index (χ1v) is 20.4. The highest BCUT2D eigenvalue weighted by Crippen LogP contribution is 2.35. The number of alkyl halides is 3. The predicted molar refractivity (Wildman–Crippen MR) is 239 cm³/mol. The largest absolute Gasteiger partial charge is 0.416 e. The minimum Gasteiger partial charge on any atom is -0.397 e. The highest BCUT2D eigenvalue weighted by Gasteiger charge is 2.31.